The lowest BCUT2D eigenvalue weighted by Gasteiger charge is -2.60. The highest BCUT2D eigenvalue weighted by Gasteiger charge is 2.60. The van der Waals surface area contributed by atoms with E-state index in [0.29, 0.717) is 32.5 Å². The highest BCUT2D eigenvalue weighted by Crippen LogP contribution is 2.47. The molecule has 0 atom stereocenters. The van der Waals surface area contributed by atoms with E-state index in [4.69, 9.17) is 11.6 Å². The van der Waals surface area contributed by atoms with Gasteiger partial charge in [-0.25, -0.2) is 4.39 Å². The topological polar surface area (TPSA) is 57.5 Å². The Morgan fingerprint density at radius 3 is 2.62 bits per heavy atom. The Morgan fingerprint density at radius 2 is 1.90 bits per heavy atom. The molecule has 2 aromatic rings. The number of likely N-dealkylation sites (tertiary alicyclic amines) is 1. The van der Waals surface area contributed by atoms with Crippen molar-refractivity contribution in [2.75, 3.05) is 38.1 Å². The summed E-state index contributed by atoms with van der Waals surface area (Å²) < 4.78 is 16.2. The summed E-state index contributed by atoms with van der Waals surface area (Å²) in [5.41, 5.74) is 0.714. The van der Waals surface area contributed by atoms with Gasteiger partial charge in [0.05, 0.1) is 12.2 Å². The van der Waals surface area contributed by atoms with Gasteiger partial charge in [0.15, 0.2) is 11.5 Å². The number of halogens is 2. The van der Waals surface area contributed by atoms with E-state index in [1.54, 1.807) is 4.90 Å². The average Bonchev–Trinajstić information content (AvgIpc) is 3.27. The number of aromatic nitrogens is 3. The molecule has 29 heavy (non-hydrogen) atoms. The Bertz CT molecular complexity index is 1020. The number of amides is 1. The van der Waals surface area contributed by atoms with E-state index in [9.17, 15) is 9.18 Å². The van der Waals surface area contributed by atoms with Crippen LogP contribution in [0.5, 0.6) is 0 Å². The third kappa shape index (κ3) is 2.61. The van der Waals surface area contributed by atoms with Crippen molar-refractivity contribution >= 4 is 23.5 Å². The van der Waals surface area contributed by atoms with Crippen LogP contribution in [0, 0.1) is 5.41 Å². The first-order valence-corrected chi connectivity index (χ1v) is 10.4. The summed E-state index contributed by atoms with van der Waals surface area (Å²) in [6.45, 7) is 4.41. The second-order valence-electron chi connectivity index (χ2n) is 9.18. The fourth-order valence-corrected chi connectivity index (χ4v) is 5.16. The van der Waals surface area contributed by atoms with Crippen molar-refractivity contribution in [3.63, 3.8) is 0 Å². The molecule has 1 aliphatic carbocycles. The summed E-state index contributed by atoms with van der Waals surface area (Å²) in [6, 6.07) is 5.93. The molecule has 0 unspecified atom stereocenters. The molecule has 152 valence electrons. The Morgan fingerprint density at radius 1 is 1.14 bits per heavy atom. The summed E-state index contributed by atoms with van der Waals surface area (Å²) in [5.74, 6) is 1.42. The van der Waals surface area contributed by atoms with Crippen molar-refractivity contribution in [2.24, 2.45) is 5.41 Å². The van der Waals surface area contributed by atoms with Crippen molar-refractivity contribution in [2.45, 2.75) is 31.6 Å². The molecule has 1 aromatic carbocycles. The average molecular weight is 417 g/mol. The zero-order chi connectivity index (χ0) is 20.0. The number of anilines is 1. The second kappa shape index (κ2) is 5.70. The molecule has 0 N–H and O–H groups in total. The van der Waals surface area contributed by atoms with Gasteiger partial charge in [-0.15, -0.1) is 10.2 Å². The van der Waals surface area contributed by atoms with E-state index in [1.807, 2.05) is 18.2 Å². The molecule has 1 saturated carbocycles. The SMILES string of the molecule is CN1Cc2cc(Cl)ccc2-n2c(nnc2N2CC3(CN(C(=O)C4(F)CC4)C3)C2)C1. The molecule has 0 radical (unpaired) electrons. The van der Waals surface area contributed by atoms with Crippen LogP contribution in [-0.4, -0.2) is 69.4 Å². The van der Waals surface area contributed by atoms with Crippen molar-refractivity contribution < 1.29 is 9.18 Å². The number of nitrogens with zero attached hydrogens (tertiary/aromatic N) is 6. The van der Waals surface area contributed by atoms with Crippen LogP contribution in [0.4, 0.5) is 10.3 Å². The minimum Gasteiger partial charge on any atom is -0.339 e. The predicted octanol–water partition coefficient (Wildman–Crippen LogP) is 2.02. The molecule has 3 fully saturated rings. The monoisotopic (exact) mass is 416 g/mol. The quantitative estimate of drug-likeness (QED) is 0.749. The van der Waals surface area contributed by atoms with Crippen molar-refractivity contribution in [1.82, 2.24) is 24.6 Å². The number of fused-ring (bicyclic) bond motifs is 3. The maximum absolute atomic E-state index is 14.0. The predicted molar refractivity (Wildman–Crippen MR) is 106 cm³/mol. The fourth-order valence-electron chi connectivity index (χ4n) is 4.97. The van der Waals surface area contributed by atoms with E-state index in [-0.39, 0.29) is 11.3 Å². The molecule has 0 bridgehead atoms. The van der Waals surface area contributed by atoms with Gasteiger partial charge in [0.1, 0.15) is 0 Å². The molecule has 7 nitrogen and oxygen atoms in total. The van der Waals surface area contributed by atoms with Gasteiger partial charge < -0.3 is 9.80 Å². The zero-order valence-corrected chi connectivity index (χ0v) is 17.0. The van der Waals surface area contributed by atoms with Crippen LogP contribution in [0.15, 0.2) is 18.2 Å². The van der Waals surface area contributed by atoms with Crippen molar-refractivity contribution in [1.29, 1.82) is 0 Å². The van der Waals surface area contributed by atoms with E-state index in [1.165, 1.54) is 0 Å². The van der Waals surface area contributed by atoms with Crippen molar-refractivity contribution in [3.05, 3.63) is 34.6 Å². The van der Waals surface area contributed by atoms with E-state index in [0.717, 1.165) is 47.7 Å². The lowest BCUT2D eigenvalue weighted by molar-refractivity contribution is -0.152. The maximum atomic E-state index is 14.0. The van der Waals surface area contributed by atoms with Gasteiger partial charge in [-0.1, -0.05) is 11.6 Å². The minimum atomic E-state index is -1.56. The molecule has 1 amide bonds. The van der Waals surface area contributed by atoms with E-state index >= 15 is 0 Å². The van der Waals surface area contributed by atoms with Gasteiger partial charge in [0, 0.05) is 43.2 Å². The third-order valence-electron chi connectivity index (χ3n) is 6.59. The number of alkyl halides is 1. The molecule has 4 heterocycles. The summed E-state index contributed by atoms with van der Waals surface area (Å²) in [7, 11) is 2.06. The molecule has 2 saturated heterocycles. The molecular formula is C20H22ClFN6O. The Hall–Kier alpha value is -2.19. The third-order valence-corrected chi connectivity index (χ3v) is 6.83. The lowest BCUT2D eigenvalue weighted by Crippen LogP contribution is -2.74. The van der Waals surface area contributed by atoms with Crippen LogP contribution in [-0.2, 0) is 17.9 Å². The summed E-state index contributed by atoms with van der Waals surface area (Å²) >= 11 is 6.23. The first-order chi connectivity index (χ1) is 13.9. The first-order valence-electron chi connectivity index (χ1n) is 10.0. The number of hydrogen-bond acceptors (Lipinski definition) is 5. The summed E-state index contributed by atoms with van der Waals surface area (Å²) in [6.07, 6.45) is 0.760. The van der Waals surface area contributed by atoms with Gasteiger partial charge in [0.2, 0.25) is 5.95 Å². The number of hydrogen-bond donors (Lipinski definition) is 0. The largest absolute Gasteiger partial charge is 0.339 e. The van der Waals surface area contributed by atoms with Crippen molar-refractivity contribution in [3.8, 4) is 5.69 Å². The van der Waals surface area contributed by atoms with Crippen LogP contribution < -0.4 is 4.90 Å². The van der Waals surface area contributed by atoms with Crippen LogP contribution in [0.25, 0.3) is 5.69 Å². The molecular weight excluding hydrogens is 395 g/mol. The Labute approximate surface area is 173 Å². The Kier molecular flexibility index (Phi) is 3.47. The van der Waals surface area contributed by atoms with Gasteiger partial charge in [0.25, 0.3) is 5.91 Å². The maximum Gasteiger partial charge on any atom is 0.260 e. The first kappa shape index (κ1) is 17.7. The molecule has 6 rings (SSSR count). The lowest BCUT2D eigenvalue weighted by atomic mass is 9.72. The highest BCUT2D eigenvalue weighted by atomic mass is 35.5. The fraction of sp³-hybridized carbons (Fsp3) is 0.550. The van der Waals surface area contributed by atoms with Crippen LogP contribution in [0.1, 0.15) is 24.2 Å². The second-order valence-corrected chi connectivity index (χ2v) is 9.62. The zero-order valence-electron chi connectivity index (χ0n) is 16.2. The molecule has 1 spiro atoms. The minimum absolute atomic E-state index is 0.0671. The summed E-state index contributed by atoms with van der Waals surface area (Å²) in [4.78, 5) is 18.3. The molecule has 4 aliphatic rings. The standard InChI is InChI=1S/C20H22ClFN6O/c1-25-7-13-6-14(21)2-3-15(13)28-16(8-25)23-24-18(28)27-11-19(12-27)9-26(10-19)17(29)20(22)4-5-20/h2-3,6H,4-5,7-12H2,1H3. The smallest absolute Gasteiger partial charge is 0.260 e. The van der Waals surface area contributed by atoms with Gasteiger partial charge in [-0.3, -0.25) is 14.3 Å². The Balaban J connectivity index is 1.24. The number of benzene rings is 1. The van der Waals surface area contributed by atoms with Gasteiger partial charge in [-0.05, 0) is 43.7 Å². The van der Waals surface area contributed by atoms with E-state index < -0.39 is 5.67 Å². The van der Waals surface area contributed by atoms with Crippen LogP contribution in [0.3, 0.4) is 0 Å². The van der Waals surface area contributed by atoms with Crippen LogP contribution in [0.2, 0.25) is 5.02 Å². The highest BCUT2D eigenvalue weighted by molar-refractivity contribution is 6.30. The molecule has 9 heteroatoms. The summed E-state index contributed by atoms with van der Waals surface area (Å²) in [5, 5.41) is 9.65. The normalized spacial score (nSPS) is 23.7. The molecule has 1 aromatic heterocycles. The number of carbonyl (C=O) groups excluding carboxylic acids is 1. The van der Waals surface area contributed by atoms with Gasteiger partial charge in [-0.2, -0.15) is 0 Å². The van der Waals surface area contributed by atoms with Gasteiger partial charge >= 0.3 is 0 Å². The van der Waals surface area contributed by atoms with E-state index in [2.05, 4.69) is 31.6 Å². The number of rotatable bonds is 2. The van der Waals surface area contributed by atoms with Crippen LogP contribution >= 0.6 is 11.6 Å². The number of carbonyl (C=O) groups is 1. The molecule has 3 aliphatic heterocycles.